The first-order chi connectivity index (χ1) is 6.92. The van der Waals surface area contributed by atoms with Crippen LogP contribution in [-0.4, -0.2) is 16.6 Å². The lowest BCUT2D eigenvalue weighted by Crippen LogP contribution is -2.28. The van der Waals surface area contributed by atoms with Crippen molar-refractivity contribution >= 4 is 0 Å². The highest BCUT2D eigenvalue weighted by molar-refractivity contribution is 5.22. The summed E-state index contributed by atoms with van der Waals surface area (Å²) >= 11 is 0. The molecule has 1 aromatic rings. The molecule has 3 heteroatoms. The molecule has 0 unspecified atom stereocenters. The van der Waals surface area contributed by atoms with Gasteiger partial charge in [-0.15, -0.1) is 0 Å². The molecule has 1 atom stereocenters. The lowest BCUT2D eigenvalue weighted by Gasteiger charge is -2.24. The van der Waals surface area contributed by atoms with E-state index in [2.05, 4.69) is 10.3 Å². The molecule has 3 nitrogen and oxygen atoms in total. The maximum atomic E-state index is 9.18. The Bertz CT molecular complexity index is 295. The van der Waals surface area contributed by atoms with Crippen molar-refractivity contribution in [3.8, 4) is 0 Å². The predicted octanol–water partition coefficient (Wildman–Crippen LogP) is 1.39. The fourth-order valence-electron chi connectivity index (χ4n) is 1.98. The molecule has 2 N–H and O–H groups in total. The number of nitrogens with one attached hydrogen (secondary N) is 1. The van der Waals surface area contributed by atoms with E-state index in [1.807, 2.05) is 12.1 Å². The number of aromatic nitrogens is 1. The van der Waals surface area contributed by atoms with Gasteiger partial charge in [0.1, 0.15) is 0 Å². The van der Waals surface area contributed by atoms with Crippen molar-refractivity contribution in [2.24, 2.45) is 0 Å². The highest BCUT2D eigenvalue weighted by atomic mass is 16.3. The van der Waals surface area contributed by atoms with E-state index in [4.69, 9.17) is 0 Å². The van der Waals surface area contributed by atoms with E-state index in [-0.39, 0.29) is 6.61 Å². The number of hydrogen-bond donors (Lipinski definition) is 2. The molecule has 14 heavy (non-hydrogen) atoms. The van der Waals surface area contributed by atoms with Crippen molar-refractivity contribution in [2.45, 2.75) is 31.9 Å². The summed E-state index contributed by atoms with van der Waals surface area (Å²) in [6.45, 7) is 1.15. The van der Waals surface area contributed by atoms with Crippen LogP contribution in [-0.2, 0) is 6.61 Å². The smallest absolute Gasteiger partial charge is 0.0700 e. The average molecular weight is 192 g/mol. The molecule has 1 aromatic heterocycles. The lowest BCUT2D eigenvalue weighted by molar-refractivity contribution is 0.276. The van der Waals surface area contributed by atoms with Gasteiger partial charge < -0.3 is 10.4 Å². The summed E-state index contributed by atoms with van der Waals surface area (Å²) in [6.07, 6.45) is 5.42. The minimum absolute atomic E-state index is 0.0847. The van der Waals surface area contributed by atoms with Crippen LogP contribution in [0.4, 0.5) is 0 Å². The van der Waals surface area contributed by atoms with Crippen LogP contribution in [0.15, 0.2) is 18.3 Å². The van der Waals surface area contributed by atoms with Gasteiger partial charge in [0, 0.05) is 17.8 Å². The lowest BCUT2D eigenvalue weighted by atomic mass is 9.98. The molecule has 0 spiro atoms. The maximum absolute atomic E-state index is 9.18. The van der Waals surface area contributed by atoms with Gasteiger partial charge in [-0.1, -0.05) is 12.5 Å². The molecule has 0 saturated carbocycles. The summed E-state index contributed by atoms with van der Waals surface area (Å²) in [7, 11) is 0. The normalized spacial score (nSPS) is 22.2. The fraction of sp³-hybridized carbons (Fsp3) is 0.545. The van der Waals surface area contributed by atoms with Gasteiger partial charge in [-0.3, -0.25) is 4.98 Å². The summed E-state index contributed by atoms with van der Waals surface area (Å²) in [6, 6.07) is 4.16. The molecule has 0 radical (unpaired) electrons. The van der Waals surface area contributed by atoms with Gasteiger partial charge in [0.15, 0.2) is 0 Å². The first-order valence-corrected chi connectivity index (χ1v) is 5.20. The second-order valence-electron chi connectivity index (χ2n) is 3.71. The standard InChI is InChI=1S/C11H16N2O/c14-8-9-4-3-7-13-11(9)10-5-1-2-6-12-10/h3-4,7,10,12,14H,1-2,5-6,8H2/t10-/m0/s1. The summed E-state index contributed by atoms with van der Waals surface area (Å²) < 4.78 is 0. The molecule has 1 aliphatic rings. The summed E-state index contributed by atoms with van der Waals surface area (Å²) in [5, 5.41) is 12.6. The molecular weight excluding hydrogens is 176 g/mol. The summed E-state index contributed by atoms with van der Waals surface area (Å²) in [5.74, 6) is 0. The Hall–Kier alpha value is -0.930. The minimum atomic E-state index is 0.0847. The van der Waals surface area contributed by atoms with Gasteiger partial charge in [-0.2, -0.15) is 0 Å². The zero-order valence-electron chi connectivity index (χ0n) is 8.24. The quantitative estimate of drug-likeness (QED) is 0.744. The fourth-order valence-corrected chi connectivity index (χ4v) is 1.98. The van der Waals surface area contributed by atoms with Crippen molar-refractivity contribution in [1.82, 2.24) is 10.3 Å². The highest BCUT2D eigenvalue weighted by Gasteiger charge is 2.18. The van der Waals surface area contributed by atoms with Gasteiger partial charge in [-0.05, 0) is 25.5 Å². The van der Waals surface area contributed by atoms with Gasteiger partial charge >= 0.3 is 0 Å². The van der Waals surface area contributed by atoms with Crippen LogP contribution in [0.25, 0.3) is 0 Å². The Morgan fingerprint density at radius 3 is 3.14 bits per heavy atom. The summed E-state index contributed by atoms with van der Waals surface area (Å²) in [5.41, 5.74) is 1.97. The van der Waals surface area contributed by atoms with Crippen molar-refractivity contribution in [1.29, 1.82) is 0 Å². The summed E-state index contributed by atoms with van der Waals surface area (Å²) in [4.78, 5) is 4.35. The monoisotopic (exact) mass is 192 g/mol. The van der Waals surface area contributed by atoms with Crippen molar-refractivity contribution in [3.05, 3.63) is 29.6 Å². The Morgan fingerprint density at radius 1 is 1.50 bits per heavy atom. The molecule has 0 aromatic carbocycles. The number of piperidine rings is 1. The van der Waals surface area contributed by atoms with Gasteiger partial charge in [0.2, 0.25) is 0 Å². The Labute approximate surface area is 84.2 Å². The Balaban J connectivity index is 2.20. The third-order valence-corrected chi connectivity index (χ3v) is 2.74. The molecule has 2 heterocycles. The molecule has 1 aliphatic heterocycles. The molecule has 1 saturated heterocycles. The molecular formula is C11H16N2O. The third kappa shape index (κ3) is 1.94. The number of nitrogens with zero attached hydrogens (tertiary/aromatic N) is 1. The predicted molar refractivity (Wildman–Crippen MR) is 54.8 cm³/mol. The van der Waals surface area contributed by atoms with E-state index in [1.54, 1.807) is 6.20 Å². The van der Waals surface area contributed by atoms with Crippen molar-refractivity contribution in [2.75, 3.05) is 6.54 Å². The van der Waals surface area contributed by atoms with Crippen LogP contribution in [0.2, 0.25) is 0 Å². The maximum Gasteiger partial charge on any atom is 0.0700 e. The van der Waals surface area contributed by atoms with Crippen LogP contribution in [0.1, 0.15) is 36.6 Å². The number of aliphatic hydroxyl groups is 1. The van der Waals surface area contributed by atoms with Crippen LogP contribution in [0.3, 0.4) is 0 Å². The van der Waals surface area contributed by atoms with Crippen molar-refractivity contribution < 1.29 is 5.11 Å². The largest absolute Gasteiger partial charge is 0.392 e. The number of hydrogen-bond acceptors (Lipinski definition) is 3. The Kier molecular flexibility index (Phi) is 3.11. The third-order valence-electron chi connectivity index (χ3n) is 2.74. The van der Waals surface area contributed by atoms with Crippen molar-refractivity contribution in [3.63, 3.8) is 0 Å². The van der Waals surface area contributed by atoms with E-state index in [1.165, 1.54) is 12.8 Å². The Morgan fingerprint density at radius 2 is 2.43 bits per heavy atom. The molecule has 0 amide bonds. The first kappa shape index (κ1) is 9.62. The molecule has 76 valence electrons. The zero-order chi connectivity index (χ0) is 9.80. The van der Waals surface area contributed by atoms with E-state index >= 15 is 0 Å². The average Bonchev–Trinajstić information content (AvgIpc) is 2.30. The number of pyridine rings is 1. The molecule has 0 bridgehead atoms. The van der Waals surface area contributed by atoms with Gasteiger partial charge in [0.25, 0.3) is 0 Å². The van der Waals surface area contributed by atoms with Crippen LogP contribution < -0.4 is 5.32 Å². The van der Waals surface area contributed by atoms with E-state index in [9.17, 15) is 5.11 Å². The zero-order valence-corrected chi connectivity index (χ0v) is 8.24. The van der Waals surface area contributed by atoms with Crippen LogP contribution in [0.5, 0.6) is 0 Å². The second-order valence-corrected chi connectivity index (χ2v) is 3.71. The topological polar surface area (TPSA) is 45.2 Å². The van der Waals surface area contributed by atoms with Crippen LogP contribution >= 0.6 is 0 Å². The van der Waals surface area contributed by atoms with E-state index in [0.29, 0.717) is 6.04 Å². The number of aliphatic hydroxyl groups excluding tert-OH is 1. The van der Waals surface area contributed by atoms with Gasteiger partial charge in [0.05, 0.1) is 12.3 Å². The number of rotatable bonds is 2. The molecule has 2 rings (SSSR count). The minimum Gasteiger partial charge on any atom is -0.392 e. The van der Waals surface area contributed by atoms with E-state index < -0.39 is 0 Å². The van der Waals surface area contributed by atoms with Gasteiger partial charge in [-0.25, -0.2) is 0 Å². The first-order valence-electron chi connectivity index (χ1n) is 5.20. The molecule has 0 aliphatic carbocycles. The van der Waals surface area contributed by atoms with E-state index in [0.717, 1.165) is 24.2 Å². The second kappa shape index (κ2) is 4.53. The molecule has 1 fully saturated rings. The highest BCUT2D eigenvalue weighted by Crippen LogP contribution is 2.23. The van der Waals surface area contributed by atoms with Crippen LogP contribution in [0, 0.1) is 0 Å². The SMILES string of the molecule is OCc1cccnc1[C@@H]1CCCCN1.